The molecule has 1 aromatic rings. The van der Waals surface area contributed by atoms with Gasteiger partial charge in [-0.2, -0.15) is 0 Å². The van der Waals surface area contributed by atoms with Gasteiger partial charge in [-0.25, -0.2) is 4.99 Å². The molecule has 1 aromatic heterocycles. The van der Waals surface area contributed by atoms with Gasteiger partial charge in [0.05, 0.1) is 0 Å². The second-order valence-corrected chi connectivity index (χ2v) is 6.69. The molecule has 23 heavy (non-hydrogen) atoms. The summed E-state index contributed by atoms with van der Waals surface area (Å²) < 4.78 is 1.98. The maximum atomic E-state index is 4.68. The average Bonchev–Trinajstić information content (AvgIpc) is 3.02. The molecule has 2 unspecified atom stereocenters. The van der Waals surface area contributed by atoms with Crippen LogP contribution in [0.2, 0.25) is 0 Å². The van der Waals surface area contributed by atoms with Crippen LogP contribution in [-0.2, 0) is 13.6 Å². The first kappa shape index (κ1) is 17.7. The predicted molar refractivity (Wildman–Crippen MR) is 93.4 cm³/mol. The van der Waals surface area contributed by atoms with Crippen molar-refractivity contribution in [2.45, 2.75) is 53.2 Å². The molecule has 0 aromatic carbocycles. The predicted octanol–water partition coefficient (Wildman–Crippen LogP) is 0.907. The number of nitrogens with zero attached hydrogens (tertiary/aromatic N) is 5. The van der Waals surface area contributed by atoms with Crippen LogP contribution in [0.25, 0.3) is 0 Å². The molecule has 7 heteroatoms. The second-order valence-electron chi connectivity index (χ2n) is 6.69. The number of nitrogens with one attached hydrogen (secondary N) is 2. The maximum Gasteiger partial charge on any atom is 0.191 e. The van der Waals surface area contributed by atoms with Crippen molar-refractivity contribution < 1.29 is 0 Å². The number of aryl methyl sites for hydroxylation is 1. The molecule has 1 aliphatic rings. The Morgan fingerprint density at radius 1 is 1.35 bits per heavy atom. The third-order valence-corrected chi connectivity index (χ3v) is 4.60. The molecule has 2 heterocycles. The summed E-state index contributed by atoms with van der Waals surface area (Å²) in [5.74, 6) is 3.25. The maximum absolute atomic E-state index is 4.68. The zero-order chi connectivity index (χ0) is 17.0. The van der Waals surface area contributed by atoms with Crippen LogP contribution < -0.4 is 10.6 Å². The number of guanidine groups is 1. The molecule has 0 radical (unpaired) electrons. The van der Waals surface area contributed by atoms with Crippen LogP contribution in [0, 0.1) is 12.8 Å². The first-order valence-corrected chi connectivity index (χ1v) is 8.56. The smallest absolute Gasteiger partial charge is 0.191 e. The fourth-order valence-electron chi connectivity index (χ4n) is 2.85. The monoisotopic (exact) mass is 321 g/mol. The molecule has 0 aliphatic carbocycles. The van der Waals surface area contributed by atoms with Crippen LogP contribution >= 0.6 is 0 Å². The normalized spacial score (nSPS) is 22.8. The topological polar surface area (TPSA) is 70.4 Å². The molecule has 2 N–H and O–H groups in total. The van der Waals surface area contributed by atoms with Gasteiger partial charge in [-0.3, -0.25) is 4.90 Å². The zero-order valence-electron chi connectivity index (χ0n) is 15.3. The molecule has 0 bridgehead atoms. The molecule has 2 rings (SSSR count). The largest absolute Gasteiger partial charge is 0.357 e. The van der Waals surface area contributed by atoms with Crippen LogP contribution in [0.3, 0.4) is 0 Å². The van der Waals surface area contributed by atoms with E-state index in [-0.39, 0.29) is 0 Å². The first-order chi connectivity index (χ1) is 10.9. The van der Waals surface area contributed by atoms with E-state index in [2.05, 4.69) is 58.4 Å². The van der Waals surface area contributed by atoms with Crippen molar-refractivity contribution in [1.82, 2.24) is 30.3 Å². The summed E-state index contributed by atoms with van der Waals surface area (Å²) in [6.45, 7) is 14.4. The minimum Gasteiger partial charge on any atom is -0.357 e. The van der Waals surface area contributed by atoms with Gasteiger partial charge in [-0.15, -0.1) is 10.2 Å². The molecule has 7 nitrogen and oxygen atoms in total. The van der Waals surface area contributed by atoms with E-state index < -0.39 is 0 Å². The number of hydrogen-bond donors (Lipinski definition) is 2. The quantitative estimate of drug-likeness (QED) is 0.623. The van der Waals surface area contributed by atoms with Crippen LogP contribution in [-0.4, -0.2) is 57.3 Å². The van der Waals surface area contributed by atoms with Gasteiger partial charge < -0.3 is 15.2 Å². The van der Waals surface area contributed by atoms with E-state index in [0.29, 0.717) is 24.5 Å². The fourth-order valence-corrected chi connectivity index (χ4v) is 2.85. The molecule has 1 fully saturated rings. The van der Waals surface area contributed by atoms with Crippen LogP contribution in [0.4, 0.5) is 0 Å². The van der Waals surface area contributed by atoms with Gasteiger partial charge in [0.1, 0.15) is 12.4 Å². The molecule has 0 spiro atoms. The molecule has 0 amide bonds. The molecular weight excluding hydrogens is 290 g/mol. The van der Waals surface area contributed by atoms with Gasteiger partial charge in [0.25, 0.3) is 0 Å². The molecule has 0 saturated carbocycles. The Bertz CT molecular complexity index is 535. The third-order valence-electron chi connectivity index (χ3n) is 4.60. The number of likely N-dealkylation sites (tertiary alicyclic amines) is 1. The summed E-state index contributed by atoms with van der Waals surface area (Å²) >= 11 is 0. The third kappa shape index (κ3) is 4.43. The Labute approximate surface area is 139 Å². The molecular formula is C16H31N7. The van der Waals surface area contributed by atoms with Crippen molar-refractivity contribution in [2.75, 3.05) is 19.6 Å². The van der Waals surface area contributed by atoms with Crippen molar-refractivity contribution in [3.63, 3.8) is 0 Å². The fraction of sp³-hybridized carbons (Fsp3) is 0.812. The summed E-state index contributed by atoms with van der Waals surface area (Å²) in [5, 5.41) is 15.2. The lowest BCUT2D eigenvalue weighted by atomic mass is 10.1. The van der Waals surface area contributed by atoms with Crippen molar-refractivity contribution in [1.29, 1.82) is 0 Å². The number of aliphatic imine (C=N–C) groups is 1. The summed E-state index contributed by atoms with van der Waals surface area (Å²) in [4.78, 5) is 7.19. The molecule has 130 valence electrons. The van der Waals surface area contributed by atoms with Crippen LogP contribution in [0.1, 0.15) is 39.3 Å². The lowest BCUT2D eigenvalue weighted by Gasteiger charge is -2.21. The van der Waals surface area contributed by atoms with E-state index in [0.717, 1.165) is 37.2 Å². The van der Waals surface area contributed by atoms with E-state index in [1.165, 1.54) is 0 Å². The van der Waals surface area contributed by atoms with E-state index >= 15 is 0 Å². The van der Waals surface area contributed by atoms with Crippen molar-refractivity contribution in [2.24, 2.45) is 18.0 Å². The molecule has 2 atom stereocenters. The number of hydrogen-bond acceptors (Lipinski definition) is 4. The lowest BCUT2D eigenvalue weighted by Crippen LogP contribution is -2.46. The van der Waals surface area contributed by atoms with Gasteiger partial charge in [-0.05, 0) is 33.6 Å². The Morgan fingerprint density at radius 3 is 2.61 bits per heavy atom. The van der Waals surface area contributed by atoms with Gasteiger partial charge in [0.15, 0.2) is 11.8 Å². The van der Waals surface area contributed by atoms with Gasteiger partial charge in [0.2, 0.25) is 0 Å². The lowest BCUT2D eigenvalue weighted by molar-refractivity contribution is 0.265. The highest BCUT2D eigenvalue weighted by Crippen LogP contribution is 2.18. The average molecular weight is 321 g/mol. The Morgan fingerprint density at radius 2 is 2.09 bits per heavy atom. The Balaban J connectivity index is 2.01. The molecule has 1 saturated heterocycles. The Hall–Kier alpha value is -1.63. The first-order valence-electron chi connectivity index (χ1n) is 8.56. The summed E-state index contributed by atoms with van der Waals surface area (Å²) in [5.41, 5.74) is 0. The van der Waals surface area contributed by atoms with Crippen molar-refractivity contribution >= 4 is 5.96 Å². The minimum atomic E-state index is 0.427. The number of rotatable bonds is 5. The summed E-state index contributed by atoms with van der Waals surface area (Å²) in [7, 11) is 1.97. The van der Waals surface area contributed by atoms with Crippen LogP contribution in [0.5, 0.6) is 0 Å². The second kappa shape index (κ2) is 7.77. The van der Waals surface area contributed by atoms with Gasteiger partial charge in [-0.1, -0.05) is 6.92 Å². The van der Waals surface area contributed by atoms with E-state index in [1.54, 1.807) is 0 Å². The highest BCUT2D eigenvalue weighted by molar-refractivity contribution is 5.80. The zero-order valence-corrected chi connectivity index (χ0v) is 15.3. The minimum absolute atomic E-state index is 0.427. The van der Waals surface area contributed by atoms with Crippen LogP contribution in [0.15, 0.2) is 4.99 Å². The summed E-state index contributed by atoms with van der Waals surface area (Å²) in [6, 6.07) is 1.02. The van der Waals surface area contributed by atoms with E-state index in [1.807, 2.05) is 18.5 Å². The molecule has 1 aliphatic heterocycles. The number of aromatic nitrogens is 3. The standard InChI is InChI=1S/C16H31N7/c1-7-17-16(18-8-15-21-20-13(5)22(15)6)19-14-10-23(11(2)3)9-12(14)4/h11-12,14H,7-10H2,1-6H3,(H2,17,18,19). The highest BCUT2D eigenvalue weighted by atomic mass is 15.3. The highest BCUT2D eigenvalue weighted by Gasteiger charge is 2.31. The van der Waals surface area contributed by atoms with E-state index in [4.69, 9.17) is 0 Å². The SMILES string of the molecule is CCNC(=NCc1nnc(C)n1C)NC1CN(C(C)C)CC1C. The van der Waals surface area contributed by atoms with Gasteiger partial charge >= 0.3 is 0 Å². The van der Waals surface area contributed by atoms with E-state index in [9.17, 15) is 0 Å². The van der Waals surface area contributed by atoms with Crippen molar-refractivity contribution in [3.05, 3.63) is 11.6 Å². The summed E-state index contributed by atoms with van der Waals surface area (Å²) in [6.07, 6.45) is 0. The van der Waals surface area contributed by atoms with Crippen molar-refractivity contribution in [3.8, 4) is 0 Å². The van der Waals surface area contributed by atoms with Gasteiger partial charge in [0, 0.05) is 38.8 Å². The Kier molecular flexibility index (Phi) is 5.98.